The van der Waals surface area contributed by atoms with Crippen LogP contribution >= 0.6 is 0 Å². The Morgan fingerprint density at radius 2 is 1.56 bits per heavy atom. The van der Waals surface area contributed by atoms with Gasteiger partial charge in [0.2, 0.25) is 0 Å². The number of aliphatic hydroxyl groups excluding tert-OH is 1. The first-order valence-corrected chi connectivity index (χ1v) is 11.9. The van der Waals surface area contributed by atoms with Crippen LogP contribution in [-0.2, 0) is 19.1 Å². The molecule has 36 heavy (non-hydrogen) atoms. The molecule has 0 fully saturated rings. The topological polar surface area (TPSA) is 114 Å². The van der Waals surface area contributed by atoms with E-state index in [4.69, 9.17) is 9.47 Å². The molecule has 0 spiro atoms. The van der Waals surface area contributed by atoms with Gasteiger partial charge in [0.05, 0.1) is 27.4 Å². The number of aliphatic hydroxyl groups is 1. The molecular weight excluding hydrogens is 464 g/mol. The smallest absolute Gasteiger partial charge is 0.305 e. The molecule has 2 N–H and O–H groups in total. The molecule has 0 aliphatic carbocycles. The summed E-state index contributed by atoms with van der Waals surface area (Å²) in [6.07, 6.45) is 5.22. The molecule has 0 saturated heterocycles. The second-order valence-electron chi connectivity index (χ2n) is 8.33. The van der Waals surface area contributed by atoms with Crippen LogP contribution in [0.2, 0.25) is 0 Å². The van der Waals surface area contributed by atoms with Crippen molar-refractivity contribution in [3.8, 4) is 11.5 Å². The van der Waals surface area contributed by atoms with E-state index in [2.05, 4.69) is 10.1 Å². The Morgan fingerprint density at radius 3 is 2.22 bits per heavy atom. The number of hydrogen-bond acceptors (Lipinski definition) is 7. The van der Waals surface area contributed by atoms with Crippen LogP contribution in [-0.4, -0.2) is 50.3 Å². The highest BCUT2D eigenvalue weighted by molar-refractivity contribution is 6.29. The van der Waals surface area contributed by atoms with E-state index in [9.17, 15) is 19.5 Å². The minimum Gasteiger partial charge on any atom is -0.509 e. The van der Waals surface area contributed by atoms with E-state index in [1.807, 2.05) is 0 Å². The molecule has 1 heterocycles. The number of carbonyl (C=O) groups is 3. The number of nitrogens with one attached hydrogen (secondary N) is 1. The molecule has 2 aromatic rings. The minimum atomic E-state index is -0.672. The van der Waals surface area contributed by atoms with Crippen LogP contribution in [0.15, 0.2) is 59.9 Å². The van der Waals surface area contributed by atoms with Crippen LogP contribution < -0.4 is 19.7 Å². The first kappa shape index (κ1) is 26.6. The van der Waals surface area contributed by atoms with E-state index in [0.717, 1.165) is 32.1 Å². The predicted octanol–water partition coefficient (Wildman–Crippen LogP) is 4.39. The lowest BCUT2D eigenvalue weighted by Gasteiger charge is -2.16. The maximum absolute atomic E-state index is 12.8. The van der Waals surface area contributed by atoms with Gasteiger partial charge in [-0.1, -0.05) is 19.3 Å². The van der Waals surface area contributed by atoms with Gasteiger partial charge in [0, 0.05) is 17.8 Å². The number of unbranched alkanes of at least 4 members (excludes halogenated alkanes) is 4. The van der Waals surface area contributed by atoms with E-state index in [-0.39, 0.29) is 23.8 Å². The summed E-state index contributed by atoms with van der Waals surface area (Å²) in [6, 6.07) is 13.6. The highest BCUT2D eigenvalue weighted by atomic mass is 16.5. The van der Waals surface area contributed by atoms with Gasteiger partial charge in [0.15, 0.2) is 0 Å². The first-order chi connectivity index (χ1) is 17.4. The summed E-state index contributed by atoms with van der Waals surface area (Å²) in [5, 5.41) is 13.0. The normalized spacial score (nSPS) is 13.1. The molecule has 0 aromatic heterocycles. The van der Waals surface area contributed by atoms with E-state index >= 15 is 0 Å². The van der Waals surface area contributed by atoms with E-state index in [1.54, 1.807) is 55.6 Å². The van der Waals surface area contributed by atoms with Crippen molar-refractivity contribution in [2.45, 2.75) is 38.5 Å². The minimum absolute atomic E-state index is 0.0774. The quantitative estimate of drug-likeness (QED) is 0.240. The van der Waals surface area contributed by atoms with Crippen LogP contribution in [0.1, 0.15) is 38.5 Å². The zero-order valence-electron chi connectivity index (χ0n) is 20.6. The maximum Gasteiger partial charge on any atom is 0.305 e. The highest BCUT2D eigenvalue weighted by Gasteiger charge is 2.36. The molecule has 0 unspecified atom stereocenters. The molecule has 2 aromatic carbocycles. The van der Waals surface area contributed by atoms with Crippen LogP contribution in [0.3, 0.4) is 0 Å². The number of ether oxygens (including phenoxy) is 3. The number of carbonyl (C=O) groups excluding carboxylic acids is 3. The van der Waals surface area contributed by atoms with Crippen molar-refractivity contribution in [3.05, 3.63) is 59.9 Å². The van der Waals surface area contributed by atoms with Gasteiger partial charge in [-0.25, -0.2) is 0 Å². The number of esters is 1. The highest BCUT2D eigenvalue weighted by Crippen LogP contribution is 2.27. The van der Waals surface area contributed by atoms with E-state index in [0.29, 0.717) is 35.9 Å². The van der Waals surface area contributed by atoms with Crippen molar-refractivity contribution in [1.29, 1.82) is 0 Å². The Balaban J connectivity index is 1.42. The van der Waals surface area contributed by atoms with Crippen molar-refractivity contribution in [1.82, 2.24) is 0 Å². The van der Waals surface area contributed by atoms with Gasteiger partial charge < -0.3 is 29.5 Å². The second kappa shape index (κ2) is 13.2. The zero-order valence-corrected chi connectivity index (χ0v) is 20.6. The van der Waals surface area contributed by atoms with Crippen molar-refractivity contribution in [2.24, 2.45) is 0 Å². The number of methoxy groups -OCH3 is 2. The van der Waals surface area contributed by atoms with Crippen LogP contribution in [0.5, 0.6) is 11.5 Å². The number of amides is 2. The Hall–Kier alpha value is -4.01. The molecule has 9 heteroatoms. The lowest BCUT2D eigenvalue weighted by molar-refractivity contribution is -0.140. The Bertz CT molecular complexity index is 1080. The third kappa shape index (κ3) is 7.24. The Morgan fingerprint density at radius 1 is 0.917 bits per heavy atom. The molecule has 0 saturated carbocycles. The third-order valence-electron chi connectivity index (χ3n) is 5.80. The van der Waals surface area contributed by atoms with Gasteiger partial charge in [0.25, 0.3) is 11.8 Å². The van der Waals surface area contributed by atoms with Gasteiger partial charge >= 0.3 is 5.97 Å². The molecule has 9 nitrogen and oxygen atoms in total. The second-order valence-corrected chi connectivity index (χ2v) is 8.33. The molecule has 1 aliphatic rings. The lowest BCUT2D eigenvalue weighted by atomic mass is 10.1. The molecule has 0 atom stereocenters. The molecule has 0 radical (unpaired) electrons. The lowest BCUT2D eigenvalue weighted by Crippen LogP contribution is -2.30. The summed E-state index contributed by atoms with van der Waals surface area (Å²) < 4.78 is 15.5. The molecular formula is C27H32N2O7. The van der Waals surface area contributed by atoms with Gasteiger partial charge in [0.1, 0.15) is 22.8 Å². The average molecular weight is 497 g/mol. The molecule has 0 bridgehead atoms. The summed E-state index contributed by atoms with van der Waals surface area (Å²) in [5.74, 6) is -0.381. The number of benzene rings is 2. The van der Waals surface area contributed by atoms with Gasteiger partial charge in [-0.05, 0) is 61.4 Å². The average Bonchev–Trinajstić information content (AvgIpc) is 3.19. The fourth-order valence-electron chi connectivity index (χ4n) is 3.78. The predicted molar refractivity (Wildman–Crippen MR) is 135 cm³/mol. The SMILES string of the molecule is COC(=O)CCCCCCCOc1ccc(NC(=O)C2=C(O)CN(c3ccc(OC)cc3)C2=O)cc1. The summed E-state index contributed by atoms with van der Waals surface area (Å²) >= 11 is 0. The number of rotatable bonds is 13. The van der Waals surface area contributed by atoms with Crippen LogP contribution in [0, 0.1) is 0 Å². The molecule has 192 valence electrons. The van der Waals surface area contributed by atoms with Crippen LogP contribution in [0.25, 0.3) is 0 Å². The molecule has 3 rings (SSSR count). The third-order valence-corrected chi connectivity index (χ3v) is 5.80. The summed E-state index contributed by atoms with van der Waals surface area (Å²) in [7, 11) is 2.95. The van der Waals surface area contributed by atoms with E-state index < -0.39 is 11.8 Å². The number of nitrogens with zero attached hydrogens (tertiary/aromatic N) is 1. The maximum atomic E-state index is 12.8. The summed E-state index contributed by atoms with van der Waals surface area (Å²) in [4.78, 5) is 37.9. The van der Waals surface area contributed by atoms with Gasteiger partial charge in [-0.15, -0.1) is 0 Å². The van der Waals surface area contributed by atoms with Crippen molar-refractivity contribution in [3.63, 3.8) is 0 Å². The number of hydrogen-bond donors (Lipinski definition) is 2. The standard InChI is InChI=1S/C27H32N2O7/c1-34-21-15-11-20(12-16-21)29-18-23(30)25(27(29)33)26(32)28-19-9-13-22(14-10-19)36-17-7-5-3-4-6-8-24(31)35-2/h9-16,30H,3-8,17-18H2,1-2H3,(H,28,32). The fourth-order valence-corrected chi connectivity index (χ4v) is 3.78. The summed E-state index contributed by atoms with van der Waals surface area (Å²) in [6.45, 7) is 0.491. The molecule has 1 aliphatic heterocycles. The summed E-state index contributed by atoms with van der Waals surface area (Å²) in [5.41, 5.74) is 0.754. The monoisotopic (exact) mass is 496 g/mol. The van der Waals surface area contributed by atoms with Gasteiger partial charge in [-0.3, -0.25) is 14.4 Å². The first-order valence-electron chi connectivity index (χ1n) is 11.9. The Labute approximate surface area is 210 Å². The molecule has 2 amide bonds. The fraction of sp³-hybridized carbons (Fsp3) is 0.370. The van der Waals surface area contributed by atoms with Crippen LogP contribution in [0.4, 0.5) is 11.4 Å². The van der Waals surface area contributed by atoms with Crippen molar-refractivity contribution in [2.75, 3.05) is 37.6 Å². The van der Waals surface area contributed by atoms with Crippen molar-refractivity contribution >= 4 is 29.2 Å². The zero-order chi connectivity index (χ0) is 25.9. The Kier molecular flexibility index (Phi) is 9.73. The largest absolute Gasteiger partial charge is 0.509 e. The number of anilines is 2. The van der Waals surface area contributed by atoms with E-state index in [1.165, 1.54) is 12.0 Å². The van der Waals surface area contributed by atoms with Crippen molar-refractivity contribution < 1.29 is 33.7 Å². The van der Waals surface area contributed by atoms with Gasteiger partial charge in [-0.2, -0.15) is 0 Å².